The van der Waals surface area contributed by atoms with Gasteiger partial charge in [0.05, 0.1) is 11.7 Å². The first-order valence-electron chi connectivity index (χ1n) is 4.89. The molecule has 0 atom stereocenters. The number of hydrogen-bond acceptors (Lipinski definition) is 1. The lowest BCUT2D eigenvalue weighted by atomic mass is 9.90. The van der Waals surface area contributed by atoms with Crippen molar-refractivity contribution in [1.29, 1.82) is 0 Å². The van der Waals surface area contributed by atoms with Crippen molar-refractivity contribution in [3.63, 3.8) is 0 Å². The average Bonchev–Trinajstić information content (AvgIpc) is 2.65. The van der Waals surface area contributed by atoms with Crippen molar-refractivity contribution in [2.45, 2.75) is 25.7 Å². The highest BCUT2D eigenvalue weighted by atomic mass is 15.1. The molecule has 0 saturated carbocycles. The van der Waals surface area contributed by atoms with Gasteiger partial charge in [-0.2, -0.15) is 5.10 Å². The first kappa shape index (κ1) is 7.13. The zero-order chi connectivity index (χ0) is 8.67. The third kappa shape index (κ3) is 0.981. The van der Waals surface area contributed by atoms with Crippen LogP contribution >= 0.6 is 0 Å². The van der Waals surface area contributed by atoms with Gasteiger partial charge in [0.15, 0.2) is 0 Å². The lowest BCUT2D eigenvalue weighted by Gasteiger charge is -2.15. The fourth-order valence-corrected chi connectivity index (χ4v) is 2.27. The first-order valence-corrected chi connectivity index (χ1v) is 4.89. The van der Waals surface area contributed by atoms with E-state index < -0.39 is 0 Å². The highest BCUT2D eigenvalue weighted by Gasteiger charge is 2.12. The van der Waals surface area contributed by atoms with Gasteiger partial charge in [-0.25, -0.2) is 0 Å². The van der Waals surface area contributed by atoms with E-state index in [4.69, 9.17) is 0 Å². The number of aromatic amines is 1. The predicted octanol–water partition coefficient (Wildman–Crippen LogP) is 2.44. The standard InChI is InChI=1S/C11H12N2/c1-2-4-9-8(3-1)5-6-11-10(9)7-12-13-11/h5-7H,1-4H2,(H,12,13). The monoisotopic (exact) mass is 172 g/mol. The largest absolute Gasteiger partial charge is 0.278 e. The van der Waals surface area contributed by atoms with Crippen molar-refractivity contribution < 1.29 is 0 Å². The Morgan fingerprint density at radius 1 is 1.15 bits per heavy atom. The normalized spacial score (nSPS) is 16.0. The lowest BCUT2D eigenvalue weighted by molar-refractivity contribution is 0.690. The second kappa shape index (κ2) is 2.59. The van der Waals surface area contributed by atoms with Gasteiger partial charge in [-0.15, -0.1) is 0 Å². The molecule has 1 aromatic carbocycles. The summed E-state index contributed by atoms with van der Waals surface area (Å²) in [6, 6.07) is 4.39. The number of benzene rings is 1. The Morgan fingerprint density at radius 3 is 3.08 bits per heavy atom. The maximum absolute atomic E-state index is 4.08. The molecule has 0 spiro atoms. The molecule has 0 bridgehead atoms. The van der Waals surface area contributed by atoms with Crippen LogP contribution in [-0.4, -0.2) is 10.2 Å². The number of hydrogen-bond donors (Lipinski definition) is 1. The molecule has 0 amide bonds. The minimum Gasteiger partial charge on any atom is -0.278 e. The molecule has 1 aliphatic carbocycles. The van der Waals surface area contributed by atoms with E-state index in [-0.39, 0.29) is 0 Å². The van der Waals surface area contributed by atoms with Gasteiger partial charge in [0.25, 0.3) is 0 Å². The van der Waals surface area contributed by atoms with E-state index in [0.717, 1.165) is 0 Å². The van der Waals surface area contributed by atoms with Crippen LogP contribution in [0.15, 0.2) is 18.3 Å². The van der Waals surface area contributed by atoms with Crippen LogP contribution in [0, 0.1) is 0 Å². The van der Waals surface area contributed by atoms with Crippen molar-refractivity contribution in [1.82, 2.24) is 10.2 Å². The Labute approximate surface area is 77.0 Å². The molecule has 13 heavy (non-hydrogen) atoms. The molecule has 1 aliphatic rings. The summed E-state index contributed by atoms with van der Waals surface area (Å²) >= 11 is 0. The number of nitrogens with one attached hydrogen (secondary N) is 1. The summed E-state index contributed by atoms with van der Waals surface area (Å²) in [7, 11) is 0. The number of fused-ring (bicyclic) bond motifs is 3. The first-order chi connectivity index (χ1) is 6.45. The lowest BCUT2D eigenvalue weighted by Crippen LogP contribution is -2.02. The van der Waals surface area contributed by atoms with Gasteiger partial charge in [-0.1, -0.05) is 6.07 Å². The van der Waals surface area contributed by atoms with Crippen LogP contribution in [0.4, 0.5) is 0 Å². The highest BCUT2D eigenvalue weighted by molar-refractivity contribution is 5.83. The van der Waals surface area contributed by atoms with Crippen LogP contribution in [0.1, 0.15) is 24.0 Å². The number of aryl methyl sites for hydroxylation is 2. The van der Waals surface area contributed by atoms with Crippen molar-refractivity contribution in [3.05, 3.63) is 29.5 Å². The molecule has 2 nitrogen and oxygen atoms in total. The zero-order valence-corrected chi connectivity index (χ0v) is 7.51. The number of aromatic nitrogens is 2. The summed E-state index contributed by atoms with van der Waals surface area (Å²) in [5.74, 6) is 0. The van der Waals surface area contributed by atoms with Crippen molar-refractivity contribution >= 4 is 10.9 Å². The van der Waals surface area contributed by atoms with Crippen molar-refractivity contribution in [2.75, 3.05) is 0 Å². The Bertz CT molecular complexity index is 442. The predicted molar refractivity (Wildman–Crippen MR) is 52.7 cm³/mol. The second-order valence-corrected chi connectivity index (χ2v) is 3.74. The second-order valence-electron chi connectivity index (χ2n) is 3.74. The topological polar surface area (TPSA) is 28.7 Å². The third-order valence-corrected chi connectivity index (χ3v) is 2.96. The van der Waals surface area contributed by atoms with Gasteiger partial charge in [0.1, 0.15) is 0 Å². The van der Waals surface area contributed by atoms with Crippen molar-refractivity contribution in [2.24, 2.45) is 0 Å². The van der Waals surface area contributed by atoms with E-state index in [2.05, 4.69) is 22.3 Å². The Hall–Kier alpha value is -1.31. The summed E-state index contributed by atoms with van der Waals surface area (Å²) in [6.45, 7) is 0. The quantitative estimate of drug-likeness (QED) is 0.649. The molecular formula is C11H12N2. The highest BCUT2D eigenvalue weighted by Crippen LogP contribution is 2.27. The van der Waals surface area contributed by atoms with Gasteiger partial charge in [-0.3, -0.25) is 5.10 Å². The van der Waals surface area contributed by atoms with Crippen LogP contribution in [0.25, 0.3) is 10.9 Å². The molecule has 2 heteroatoms. The SMILES string of the molecule is c1cc2[nH]ncc2c2c1CCCC2. The third-order valence-electron chi connectivity index (χ3n) is 2.96. The molecule has 66 valence electrons. The molecule has 0 unspecified atom stereocenters. The van der Waals surface area contributed by atoms with Crippen LogP contribution in [0.3, 0.4) is 0 Å². The Kier molecular flexibility index (Phi) is 1.42. The summed E-state index contributed by atoms with van der Waals surface area (Å²) in [6.07, 6.45) is 7.11. The minimum atomic E-state index is 1.18. The molecule has 1 heterocycles. The molecule has 3 rings (SSSR count). The number of H-pyrrole nitrogens is 1. The fourth-order valence-electron chi connectivity index (χ4n) is 2.27. The molecule has 0 radical (unpaired) electrons. The van der Waals surface area contributed by atoms with Gasteiger partial charge in [-0.05, 0) is 42.9 Å². The Balaban J connectivity index is 2.34. The molecule has 2 aromatic rings. The summed E-state index contributed by atoms with van der Waals surface area (Å²) in [5, 5.41) is 8.43. The maximum Gasteiger partial charge on any atom is 0.0653 e. The Morgan fingerprint density at radius 2 is 2.08 bits per heavy atom. The van der Waals surface area contributed by atoms with E-state index in [0.29, 0.717) is 0 Å². The van der Waals surface area contributed by atoms with E-state index in [1.165, 1.54) is 47.7 Å². The molecule has 1 aromatic heterocycles. The van der Waals surface area contributed by atoms with Crippen LogP contribution in [0.5, 0.6) is 0 Å². The van der Waals surface area contributed by atoms with E-state index >= 15 is 0 Å². The van der Waals surface area contributed by atoms with Crippen LogP contribution in [0.2, 0.25) is 0 Å². The van der Waals surface area contributed by atoms with Crippen LogP contribution < -0.4 is 0 Å². The fraction of sp³-hybridized carbons (Fsp3) is 0.364. The van der Waals surface area contributed by atoms with Crippen molar-refractivity contribution in [3.8, 4) is 0 Å². The summed E-state index contributed by atoms with van der Waals surface area (Å²) < 4.78 is 0. The van der Waals surface area contributed by atoms with Crippen LogP contribution in [-0.2, 0) is 12.8 Å². The zero-order valence-electron chi connectivity index (χ0n) is 7.51. The minimum absolute atomic E-state index is 1.18. The van der Waals surface area contributed by atoms with Gasteiger partial charge in [0, 0.05) is 5.39 Å². The summed E-state index contributed by atoms with van der Waals surface area (Å²) in [4.78, 5) is 0. The summed E-state index contributed by atoms with van der Waals surface area (Å²) in [5.41, 5.74) is 4.23. The number of rotatable bonds is 0. The molecule has 0 saturated heterocycles. The number of nitrogens with zero attached hydrogens (tertiary/aromatic N) is 1. The van der Waals surface area contributed by atoms with E-state index in [9.17, 15) is 0 Å². The molecule has 0 aliphatic heterocycles. The molecular weight excluding hydrogens is 160 g/mol. The molecule has 0 fully saturated rings. The van der Waals surface area contributed by atoms with E-state index in [1.807, 2.05) is 6.20 Å². The van der Waals surface area contributed by atoms with Gasteiger partial charge < -0.3 is 0 Å². The average molecular weight is 172 g/mol. The maximum atomic E-state index is 4.08. The smallest absolute Gasteiger partial charge is 0.0653 e. The van der Waals surface area contributed by atoms with E-state index in [1.54, 1.807) is 0 Å². The molecule has 1 N–H and O–H groups in total. The van der Waals surface area contributed by atoms with Gasteiger partial charge >= 0.3 is 0 Å². The van der Waals surface area contributed by atoms with Gasteiger partial charge in [0.2, 0.25) is 0 Å².